The van der Waals surface area contributed by atoms with Crippen LogP contribution in [0.15, 0.2) is 10.8 Å². The Labute approximate surface area is 152 Å². The Morgan fingerprint density at radius 2 is 2.24 bits per heavy atom. The first-order chi connectivity index (χ1) is 9.47. The molecule has 2 unspecified atom stereocenters. The first-order valence-corrected chi connectivity index (χ1v) is 8.81. The fraction of sp³-hybridized carbons (Fsp3) is 0.667. The van der Waals surface area contributed by atoms with Gasteiger partial charge >= 0.3 is 29.6 Å². The van der Waals surface area contributed by atoms with Crippen molar-refractivity contribution in [3.63, 3.8) is 0 Å². The first kappa shape index (κ1) is 19.2. The quantitative estimate of drug-likeness (QED) is 0.391. The van der Waals surface area contributed by atoms with Gasteiger partial charge in [0.15, 0.2) is 17.6 Å². The molecule has 1 aliphatic heterocycles. The molecule has 0 aliphatic carbocycles. The van der Waals surface area contributed by atoms with Crippen LogP contribution in [0.25, 0.3) is 0 Å². The van der Waals surface area contributed by atoms with Gasteiger partial charge in [0.2, 0.25) is 0 Å². The van der Waals surface area contributed by atoms with E-state index in [4.69, 9.17) is 18.8 Å². The molecule has 9 heteroatoms. The average Bonchev–Trinajstić information content (AvgIpc) is 2.84. The maximum absolute atomic E-state index is 10.8. The molecule has 0 saturated carbocycles. The van der Waals surface area contributed by atoms with Gasteiger partial charge in [-0.3, -0.25) is 4.55 Å². The molecule has 2 rings (SSSR count). The zero-order valence-electron chi connectivity index (χ0n) is 13.1. The topological polar surface area (TPSA) is 82.1 Å². The molecule has 1 aromatic heterocycles. The molecule has 0 bridgehead atoms. The summed E-state index contributed by atoms with van der Waals surface area (Å²) < 4.78 is 47.1. The minimum Gasteiger partial charge on any atom is -1.00 e. The second-order valence-corrected chi connectivity index (χ2v) is 7.27. The third kappa shape index (κ3) is 6.05. The standard InChI is InChI=1S/C12H18O6S2.Na.H/c1-9(20(13,14)15)3-2-4-16-5-10-6-17-11-7-19-8-12(11)18-10;;/h7-10H,2-6H2,1H3,(H,13,14,15);;/q;+1;-1. The van der Waals surface area contributed by atoms with Gasteiger partial charge in [-0.1, -0.05) is 0 Å². The third-order valence-electron chi connectivity index (χ3n) is 3.02. The van der Waals surface area contributed by atoms with Gasteiger partial charge in [-0.2, -0.15) is 8.42 Å². The molecule has 6 nitrogen and oxygen atoms in total. The van der Waals surface area contributed by atoms with Crippen molar-refractivity contribution < 1.29 is 58.2 Å². The minimum absolute atomic E-state index is 0. The van der Waals surface area contributed by atoms with Gasteiger partial charge in [-0.25, -0.2) is 0 Å². The maximum Gasteiger partial charge on any atom is 1.00 e. The number of fused-ring (bicyclic) bond motifs is 1. The molecular formula is C12H19NaO6S2. The summed E-state index contributed by atoms with van der Waals surface area (Å²) in [6.07, 6.45) is 0.796. The van der Waals surface area contributed by atoms with Gasteiger partial charge in [-0.15, -0.1) is 11.3 Å². The molecule has 116 valence electrons. The number of ether oxygens (including phenoxy) is 3. The van der Waals surface area contributed by atoms with Crippen LogP contribution in [0.5, 0.6) is 11.5 Å². The molecule has 2 atom stereocenters. The smallest absolute Gasteiger partial charge is 1.00 e. The maximum atomic E-state index is 10.8. The van der Waals surface area contributed by atoms with Crippen LogP contribution in [0.3, 0.4) is 0 Å². The zero-order chi connectivity index (χ0) is 14.6. The van der Waals surface area contributed by atoms with Crippen molar-refractivity contribution in [1.82, 2.24) is 0 Å². The molecular weight excluding hydrogens is 327 g/mol. The van der Waals surface area contributed by atoms with Crippen LogP contribution in [0, 0.1) is 0 Å². The molecule has 0 fully saturated rings. The second kappa shape index (κ2) is 8.71. The van der Waals surface area contributed by atoms with E-state index in [1.54, 1.807) is 0 Å². The average molecular weight is 346 g/mol. The molecule has 0 spiro atoms. The van der Waals surface area contributed by atoms with E-state index in [2.05, 4.69) is 0 Å². The van der Waals surface area contributed by atoms with Gasteiger partial charge in [-0.05, 0) is 19.8 Å². The van der Waals surface area contributed by atoms with Gasteiger partial charge in [0.1, 0.15) is 6.61 Å². The second-order valence-electron chi connectivity index (χ2n) is 4.69. The van der Waals surface area contributed by atoms with Gasteiger partial charge in [0.25, 0.3) is 10.1 Å². The Morgan fingerprint density at radius 1 is 1.52 bits per heavy atom. The van der Waals surface area contributed by atoms with E-state index in [-0.39, 0.29) is 37.1 Å². The summed E-state index contributed by atoms with van der Waals surface area (Å²) in [5.41, 5.74) is 0. The van der Waals surface area contributed by atoms with Crippen molar-refractivity contribution in [2.75, 3.05) is 19.8 Å². The SMILES string of the molecule is CC(CCCOCC1COc2cscc2O1)S(=O)(=O)O.[H-].[Na+]. The van der Waals surface area contributed by atoms with Crippen LogP contribution in [-0.2, 0) is 14.9 Å². The van der Waals surface area contributed by atoms with Crippen LogP contribution in [-0.4, -0.2) is 44.1 Å². The van der Waals surface area contributed by atoms with Crippen molar-refractivity contribution in [1.29, 1.82) is 0 Å². The van der Waals surface area contributed by atoms with E-state index in [9.17, 15) is 8.42 Å². The van der Waals surface area contributed by atoms with Crippen molar-refractivity contribution >= 4 is 21.5 Å². The van der Waals surface area contributed by atoms with Crippen molar-refractivity contribution in [2.24, 2.45) is 0 Å². The van der Waals surface area contributed by atoms with Crippen LogP contribution in [0.4, 0.5) is 0 Å². The number of rotatable bonds is 7. The third-order valence-corrected chi connectivity index (χ3v) is 4.98. The minimum atomic E-state index is -3.94. The van der Waals surface area contributed by atoms with Crippen LogP contribution < -0.4 is 39.0 Å². The summed E-state index contributed by atoms with van der Waals surface area (Å²) in [5, 5.41) is 3.02. The molecule has 1 aliphatic rings. The number of hydrogen-bond acceptors (Lipinski definition) is 6. The fourth-order valence-corrected chi connectivity index (χ4v) is 2.92. The molecule has 1 N–H and O–H groups in total. The van der Waals surface area contributed by atoms with E-state index < -0.39 is 15.4 Å². The summed E-state index contributed by atoms with van der Waals surface area (Å²) >= 11 is 1.52. The van der Waals surface area contributed by atoms with Crippen molar-refractivity contribution in [3.05, 3.63) is 10.8 Å². The Balaban J connectivity index is 0.00000220. The first-order valence-electron chi connectivity index (χ1n) is 6.36. The summed E-state index contributed by atoms with van der Waals surface area (Å²) in [6.45, 7) is 2.75. The number of hydrogen-bond donors (Lipinski definition) is 1. The van der Waals surface area contributed by atoms with Crippen LogP contribution in [0.1, 0.15) is 21.2 Å². The van der Waals surface area contributed by atoms with Crippen LogP contribution in [0.2, 0.25) is 0 Å². The zero-order valence-corrected chi connectivity index (χ0v) is 15.8. The predicted octanol–water partition coefficient (Wildman–Crippen LogP) is -0.922. The molecule has 2 heterocycles. The van der Waals surface area contributed by atoms with Crippen LogP contribution >= 0.6 is 11.3 Å². The van der Waals surface area contributed by atoms with Gasteiger partial charge < -0.3 is 15.6 Å². The van der Waals surface area contributed by atoms with E-state index >= 15 is 0 Å². The van der Waals surface area contributed by atoms with E-state index in [0.29, 0.717) is 32.7 Å². The Hall–Kier alpha value is 0.170. The Bertz CT molecular complexity index is 535. The molecule has 0 radical (unpaired) electrons. The van der Waals surface area contributed by atoms with Gasteiger partial charge in [0, 0.05) is 17.4 Å². The molecule has 0 saturated heterocycles. The summed E-state index contributed by atoms with van der Waals surface area (Å²) in [4.78, 5) is 0. The van der Waals surface area contributed by atoms with Crippen molar-refractivity contribution in [2.45, 2.75) is 31.1 Å². The predicted molar refractivity (Wildman–Crippen MR) is 76.4 cm³/mol. The molecule has 21 heavy (non-hydrogen) atoms. The summed E-state index contributed by atoms with van der Waals surface area (Å²) in [7, 11) is -3.94. The van der Waals surface area contributed by atoms with E-state index in [1.807, 2.05) is 10.8 Å². The summed E-state index contributed by atoms with van der Waals surface area (Å²) in [6, 6.07) is 0. The van der Waals surface area contributed by atoms with E-state index in [1.165, 1.54) is 18.3 Å². The van der Waals surface area contributed by atoms with Crippen molar-refractivity contribution in [3.8, 4) is 11.5 Å². The molecule has 0 amide bonds. The molecule has 0 aromatic carbocycles. The Morgan fingerprint density at radius 3 is 2.95 bits per heavy atom. The van der Waals surface area contributed by atoms with E-state index in [0.717, 1.165) is 11.5 Å². The normalized spacial score (nSPS) is 18.9. The summed E-state index contributed by atoms with van der Waals surface area (Å²) in [5.74, 6) is 1.52. The van der Waals surface area contributed by atoms with Gasteiger partial charge in [0.05, 0.1) is 11.9 Å². The largest absolute Gasteiger partial charge is 1.00 e. The Kier molecular flexibility index (Phi) is 7.97. The number of thiophene rings is 1. The monoisotopic (exact) mass is 346 g/mol. The molecule has 1 aromatic rings. The fourth-order valence-electron chi connectivity index (χ4n) is 1.78.